The van der Waals surface area contributed by atoms with Crippen molar-refractivity contribution in [2.45, 2.75) is 32.6 Å². The number of amides is 2. The van der Waals surface area contributed by atoms with Gasteiger partial charge in [0.1, 0.15) is 11.5 Å². The number of benzene rings is 2. The van der Waals surface area contributed by atoms with E-state index >= 15 is 0 Å². The van der Waals surface area contributed by atoms with Crippen LogP contribution in [0, 0.1) is 12.8 Å². The predicted molar refractivity (Wildman–Crippen MR) is 121 cm³/mol. The molecule has 0 aromatic heterocycles. The summed E-state index contributed by atoms with van der Waals surface area (Å²) in [4.78, 5) is 28.2. The van der Waals surface area contributed by atoms with Crippen molar-refractivity contribution in [3.05, 3.63) is 59.2 Å². The molecule has 3 rings (SSSR count). The number of likely N-dealkylation sites (tertiary alicyclic amines) is 1. The third kappa shape index (κ3) is 5.01. The second-order valence-corrected chi connectivity index (χ2v) is 7.99. The predicted octanol–water partition coefficient (Wildman–Crippen LogP) is 3.78. The maximum atomic E-state index is 13.3. The molecule has 2 atom stereocenters. The molecule has 1 heterocycles. The lowest BCUT2D eigenvalue weighted by Gasteiger charge is -2.21. The molecule has 0 spiro atoms. The summed E-state index contributed by atoms with van der Waals surface area (Å²) in [6, 6.07) is 13.2. The summed E-state index contributed by atoms with van der Waals surface area (Å²) in [5, 5.41) is 3.05. The van der Waals surface area contributed by atoms with E-state index in [2.05, 4.69) is 12.2 Å². The van der Waals surface area contributed by atoms with Gasteiger partial charge in [-0.05, 0) is 43.2 Å². The van der Waals surface area contributed by atoms with Gasteiger partial charge in [-0.1, -0.05) is 31.5 Å². The van der Waals surface area contributed by atoms with Crippen LogP contribution in [0.25, 0.3) is 0 Å². The molecule has 0 aliphatic carbocycles. The molecule has 31 heavy (non-hydrogen) atoms. The Kier molecular flexibility index (Phi) is 7.55. The molecule has 0 saturated carbocycles. The third-order valence-electron chi connectivity index (χ3n) is 5.99. The van der Waals surface area contributed by atoms with Gasteiger partial charge >= 0.3 is 0 Å². The standard InChI is InChI=1S/C25H32N2O4/c1-5-6-13-26-24(28)22-16-27(25(29)19-10-8-7-9-17(19)2)15-21(22)20-14-18(30-3)11-12-23(20)31-4/h7-12,14,21-22H,5-6,13,15-16H2,1-4H3,(H,26,28)/t21-,22-/m1/s1. The highest BCUT2D eigenvalue weighted by Crippen LogP contribution is 2.40. The zero-order valence-corrected chi connectivity index (χ0v) is 18.8. The minimum atomic E-state index is -0.356. The molecule has 0 radical (unpaired) electrons. The lowest BCUT2D eigenvalue weighted by Crippen LogP contribution is -2.36. The number of hydrogen-bond acceptors (Lipinski definition) is 4. The molecule has 1 N–H and O–H groups in total. The van der Waals surface area contributed by atoms with Crippen LogP contribution in [-0.4, -0.2) is 50.6 Å². The monoisotopic (exact) mass is 424 g/mol. The Balaban J connectivity index is 1.94. The molecule has 2 aromatic rings. The molecule has 1 aliphatic rings. The van der Waals surface area contributed by atoms with Crippen LogP contribution in [0.3, 0.4) is 0 Å². The van der Waals surface area contributed by atoms with E-state index in [4.69, 9.17) is 9.47 Å². The summed E-state index contributed by atoms with van der Waals surface area (Å²) < 4.78 is 11.0. The summed E-state index contributed by atoms with van der Waals surface area (Å²) in [5.41, 5.74) is 2.49. The van der Waals surface area contributed by atoms with Crippen LogP contribution in [0.15, 0.2) is 42.5 Å². The number of unbranched alkanes of at least 4 members (excludes halogenated alkanes) is 1. The summed E-state index contributed by atoms with van der Waals surface area (Å²) in [7, 11) is 3.23. The van der Waals surface area contributed by atoms with E-state index in [9.17, 15) is 9.59 Å². The Hall–Kier alpha value is -3.02. The van der Waals surface area contributed by atoms with Gasteiger partial charge in [0.15, 0.2) is 0 Å². The van der Waals surface area contributed by atoms with E-state index in [0.717, 1.165) is 24.0 Å². The van der Waals surface area contributed by atoms with E-state index in [-0.39, 0.29) is 23.7 Å². The number of nitrogens with one attached hydrogen (secondary N) is 1. The highest BCUT2D eigenvalue weighted by atomic mass is 16.5. The number of carbonyl (C=O) groups is 2. The first-order chi connectivity index (χ1) is 15.0. The number of methoxy groups -OCH3 is 2. The van der Waals surface area contributed by atoms with Crippen molar-refractivity contribution in [1.82, 2.24) is 10.2 Å². The normalized spacial score (nSPS) is 18.0. The van der Waals surface area contributed by atoms with Crippen LogP contribution in [0.5, 0.6) is 11.5 Å². The van der Waals surface area contributed by atoms with Crippen molar-refractivity contribution in [2.24, 2.45) is 5.92 Å². The Morgan fingerprint density at radius 3 is 2.55 bits per heavy atom. The second-order valence-electron chi connectivity index (χ2n) is 7.99. The van der Waals surface area contributed by atoms with Crippen molar-refractivity contribution < 1.29 is 19.1 Å². The topological polar surface area (TPSA) is 67.9 Å². The van der Waals surface area contributed by atoms with Gasteiger partial charge in [-0.3, -0.25) is 9.59 Å². The number of carbonyl (C=O) groups excluding carboxylic acids is 2. The molecule has 0 bridgehead atoms. The molecular formula is C25H32N2O4. The largest absolute Gasteiger partial charge is 0.497 e. The van der Waals surface area contributed by atoms with Gasteiger partial charge in [0, 0.05) is 36.7 Å². The van der Waals surface area contributed by atoms with Crippen molar-refractivity contribution >= 4 is 11.8 Å². The Morgan fingerprint density at radius 2 is 1.87 bits per heavy atom. The zero-order chi connectivity index (χ0) is 22.4. The molecule has 166 valence electrons. The fourth-order valence-corrected chi connectivity index (χ4v) is 4.18. The van der Waals surface area contributed by atoms with Crippen molar-refractivity contribution in [2.75, 3.05) is 33.9 Å². The van der Waals surface area contributed by atoms with Gasteiger partial charge in [0.05, 0.1) is 20.1 Å². The fourth-order valence-electron chi connectivity index (χ4n) is 4.18. The van der Waals surface area contributed by atoms with Gasteiger partial charge in [-0.25, -0.2) is 0 Å². The first kappa shape index (κ1) is 22.7. The zero-order valence-electron chi connectivity index (χ0n) is 18.8. The molecule has 1 aliphatic heterocycles. The molecule has 2 aromatic carbocycles. The molecule has 1 saturated heterocycles. The number of ether oxygens (including phenoxy) is 2. The van der Waals surface area contributed by atoms with Crippen molar-refractivity contribution in [3.63, 3.8) is 0 Å². The highest BCUT2D eigenvalue weighted by molar-refractivity contribution is 5.96. The number of nitrogens with zero attached hydrogens (tertiary/aromatic N) is 1. The lowest BCUT2D eigenvalue weighted by atomic mass is 9.87. The molecule has 1 fully saturated rings. The van der Waals surface area contributed by atoms with E-state index in [0.29, 0.717) is 36.7 Å². The highest BCUT2D eigenvalue weighted by Gasteiger charge is 2.42. The van der Waals surface area contributed by atoms with Crippen molar-refractivity contribution in [1.29, 1.82) is 0 Å². The van der Waals surface area contributed by atoms with Gasteiger partial charge < -0.3 is 19.7 Å². The number of rotatable bonds is 8. The maximum absolute atomic E-state index is 13.3. The number of hydrogen-bond donors (Lipinski definition) is 1. The second kappa shape index (κ2) is 10.3. The smallest absolute Gasteiger partial charge is 0.254 e. The van der Waals surface area contributed by atoms with Gasteiger partial charge in [-0.15, -0.1) is 0 Å². The molecule has 6 heteroatoms. The van der Waals surface area contributed by atoms with Crippen LogP contribution in [0.1, 0.15) is 47.2 Å². The quantitative estimate of drug-likeness (QED) is 0.655. The van der Waals surface area contributed by atoms with Gasteiger partial charge in [0.25, 0.3) is 5.91 Å². The molecule has 2 amide bonds. The first-order valence-electron chi connectivity index (χ1n) is 10.8. The minimum absolute atomic E-state index is 0.0246. The minimum Gasteiger partial charge on any atom is -0.497 e. The van der Waals surface area contributed by atoms with E-state index in [1.54, 1.807) is 19.1 Å². The summed E-state index contributed by atoms with van der Waals surface area (Å²) in [6.45, 7) is 5.48. The van der Waals surface area contributed by atoms with E-state index in [1.165, 1.54) is 0 Å². The average molecular weight is 425 g/mol. The summed E-state index contributed by atoms with van der Waals surface area (Å²) >= 11 is 0. The van der Waals surface area contributed by atoms with Crippen LogP contribution in [0.4, 0.5) is 0 Å². The molecule has 6 nitrogen and oxygen atoms in total. The molecule has 0 unspecified atom stereocenters. The Morgan fingerprint density at radius 1 is 1.10 bits per heavy atom. The van der Waals surface area contributed by atoms with E-state index in [1.807, 2.05) is 49.4 Å². The first-order valence-corrected chi connectivity index (χ1v) is 10.8. The number of aryl methyl sites for hydroxylation is 1. The SMILES string of the molecule is CCCCNC(=O)[C@@H]1CN(C(=O)c2ccccc2C)C[C@@H]1c1cc(OC)ccc1OC. The van der Waals surface area contributed by atoms with Crippen LogP contribution in [-0.2, 0) is 4.79 Å². The van der Waals surface area contributed by atoms with Gasteiger partial charge in [-0.2, -0.15) is 0 Å². The molecular weight excluding hydrogens is 392 g/mol. The average Bonchev–Trinajstić information content (AvgIpc) is 3.24. The Bertz CT molecular complexity index is 927. The fraction of sp³-hybridized carbons (Fsp3) is 0.440. The summed E-state index contributed by atoms with van der Waals surface area (Å²) in [5.74, 6) is 0.787. The third-order valence-corrected chi connectivity index (χ3v) is 5.99. The van der Waals surface area contributed by atoms with E-state index < -0.39 is 0 Å². The van der Waals surface area contributed by atoms with Crippen LogP contribution in [0.2, 0.25) is 0 Å². The van der Waals surface area contributed by atoms with Gasteiger partial charge in [0.2, 0.25) is 5.91 Å². The lowest BCUT2D eigenvalue weighted by molar-refractivity contribution is -0.124. The summed E-state index contributed by atoms with van der Waals surface area (Å²) in [6.07, 6.45) is 1.94. The van der Waals surface area contributed by atoms with Crippen molar-refractivity contribution in [3.8, 4) is 11.5 Å². The van der Waals surface area contributed by atoms with Crippen LogP contribution < -0.4 is 14.8 Å². The van der Waals surface area contributed by atoms with Crippen LogP contribution >= 0.6 is 0 Å². The Labute approximate surface area is 184 Å². The maximum Gasteiger partial charge on any atom is 0.254 e.